The molecule has 6 nitrogen and oxygen atoms in total. The summed E-state index contributed by atoms with van der Waals surface area (Å²) in [4.78, 5) is 40.6. The van der Waals surface area contributed by atoms with E-state index in [1.165, 1.54) is 0 Å². The number of H-pyrrole nitrogens is 1. The topological polar surface area (TPSA) is 82.3 Å². The van der Waals surface area contributed by atoms with Gasteiger partial charge in [-0.05, 0) is 49.0 Å². The summed E-state index contributed by atoms with van der Waals surface area (Å²) >= 11 is 0.829. The number of aromatic nitrogens is 1. The van der Waals surface area contributed by atoms with Crippen LogP contribution in [0.1, 0.15) is 11.3 Å². The van der Waals surface area contributed by atoms with Crippen LogP contribution in [0.25, 0.3) is 6.08 Å². The molecule has 0 unspecified atom stereocenters. The van der Waals surface area contributed by atoms with Gasteiger partial charge in [-0.2, -0.15) is 0 Å². The maximum atomic E-state index is 12.3. The largest absolute Gasteiger partial charge is 0.362 e. The van der Waals surface area contributed by atoms with Crippen LogP contribution in [0, 0.1) is 6.92 Å². The van der Waals surface area contributed by atoms with Crippen LogP contribution in [-0.4, -0.2) is 33.5 Å². The number of hydrogen-bond donors (Lipinski definition) is 2. The van der Waals surface area contributed by atoms with Gasteiger partial charge in [-0.1, -0.05) is 17.7 Å². The van der Waals surface area contributed by atoms with Gasteiger partial charge in [0.15, 0.2) is 0 Å². The third kappa shape index (κ3) is 3.57. The van der Waals surface area contributed by atoms with Gasteiger partial charge in [0.2, 0.25) is 5.91 Å². The summed E-state index contributed by atoms with van der Waals surface area (Å²) in [6.07, 6.45) is 3.33. The zero-order chi connectivity index (χ0) is 17.1. The molecular weight excluding hydrogens is 326 g/mol. The van der Waals surface area contributed by atoms with Crippen molar-refractivity contribution >= 4 is 40.6 Å². The van der Waals surface area contributed by atoms with E-state index < -0.39 is 17.1 Å². The molecule has 0 bridgehead atoms. The molecule has 2 aromatic rings. The highest BCUT2D eigenvalue weighted by molar-refractivity contribution is 8.18. The molecule has 0 saturated carbocycles. The Morgan fingerprint density at radius 2 is 2.00 bits per heavy atom. The molecule has 24 heavy (non-hydrogen) atoms. The Morgan fingerprint density at radius 3 is 2.67 bits per heavy atom. The Labute approximate surface area is 142 Å². The van der Waals surface area contributed by atoms with Crippen LogP contribution in [0.2, 0.25) is 0 Å². The summed E-state index contributed by atoms with van der Waals surface area (Å²) in [5.74, 6) is -0.874. The lowest BCUT2D eigenvalue weighted by Gasteiger charge is -2.12. The number of thioether (sulfide) groups is 1. The molecule has 3 amide bonds. The van der Waals surface area contributed by atoms with E-state index in [9.17, 15) is 14.4 Å². The first kappa shape index (κ1) is 16.1. The fourth-order valence-corrected chi connectivity index (χ4v) is 3.02. The fourth-order valence-electron chi connectivity index (χ4n) is 2.19. The third-order valence-corrected chi connectivity index (χ3v) is 4.33. The average molecular weight is 341 g/mol. The predicted octanol–water partition coefficient (Wildman–Crippen LogP) is 3.00. The lowest BCUT2D eigenvalue weighted by atomic mass is 10.2. The number of carbonyl (C=O) groups excluding carboxylic acids is 3. The van der Waals surface area contributed by atoms with Gasteiger partial charge < -0.3 is 10.3 Å². The Balaban J connectivity index is 1.66. The molecule has 0 aliphatic carbocycles. The monoisotopic (exact) mass is 341 g/mol. The number of aryl methyl sites for hydroxylation is 1. The Morgan fingerprint density at radius 1 is 1.25 bits per heavy atom. The number of benzene rings is 1. The number of aromatic amines is 1. The van der Waals surface area contributed by atoms with Crippen LogP contribution >= 0.6 is 11.8 Å². The van der Waals surface area contributed by atoms with Gasteiger partial charge in [-0.15, -0.1) is 0 Å². The van der Waals surface area contributed by atoms with Crippen molar-refractivity contribution in [3.8, 4) is 0 Å². The minimum Gasteiger partial charge on any atom is -0.362 e. The summed E-state index contributed by atoms with van der Waals surface area (Å²) in [7, 11) is 0. The van der Waals surface area contributed by atoms with Gasteiger partial charge >= 0.3 is 0 Å². The molecule has 0 radical (unpaired) electrons. The first-order valence-electron chi connectivity index (χ1n) is 7.28. The maximum absolute atomic E-state index is 12.3. The lowest BCUT2D eigenvalue weighted by Crippen LogP contribution is -2.36. The van der Waals surface area contributed by atoms with E-state index in [2.05, 4.69) is 10.3 Å². The molecule has 0 spiro atoms. The molecule has 1 aliphatic heterocycles. The summed E-state index contributed by atoms with van der Waals surface area (Å²) in [6.45, 7) is 1.64. The number of hydrogen-bond acceptors (Lipinski definition) is 4. The number of imide groups is 1. The summed E-state index contributed by atoms with van der Waals surface area (Å²) in [5, 5.41) is 2.23. The van der Waals surface area contributed by atoms with Crippen LogP contribution in [0.5, 0.6) is 0 Å². The number of nitrogens with one attached hydrogen (secondary N) is 2. The van der Waals surface area contributed by atoms with Crippen LogP contribution in [0.15, 0.2) is 47.5 Å². The molecule has 2 heterocycles. The van der Waals surface area contributed by atoms with Gasteiger partial charge in [-0.25, -0.2) is 0 Å². The van der Waals surface area contributed by atoms with Crippen molar-refractivity contribution in [1.82, 2.24) is 9.88 Å². The Hall–Kier alpha value is -2.80. The zero-order valence-corrected chi connectivity index (χ0v) is 13.7. The maximum Gasteiger partial charge on any atom is 0.294 e. The van der Waals surface area contributed by atoms with Crippen molar-refractivity contribution in [2.75, 3.05) is 11.9 Å². The van der Waals surface area contributed by atoms with Gasteiger partial charge in [0.05, 0.1) is 4.91 Å². The van der Waals surface area contributed by atoms with E-state index in [1.54, 1.807) is 36.5 Å². The van der Waals surface area contributed by atoms with Crippen LogP contribution in [-0.2, 0) is 9.59 Å². The van der Waals surface area contributed by atoms with Crippen molar-refractivity contribution < 1.29 is 14.4 Å². The van der Waals surface area contributed by atoms with Crippen LogP contribution in [0.3, 0.4) is 0 Å². The molecule has 1 saturated heterocycles. The molecule has 2 N–H and O–H groups in total. The SMILES string of the molecule is Cc1ccc(NC(=O)CN2C(=O)S/C(=C/c3ccc[nH]3)C2=O)cc1. The van der Waals surface area contributed by atoms with Crippen molar-refractivity contribution in [2.24, 2.45) is 0 Å². The molecule has 1 fully saturated rings. The normalized spacial score (nSPS) is 16.0. The second-order valence-corrected chi connectivity index (χ2v) is 6.30. The summed E-state index contributed by atoms with van der Waals surface area (Å²) in [6, 6.07) is 10.9. The number of nitrogens with zero attached hydrogens (tertiary/aromatic N) is 1. The highest BCUT2D eigenvalue weighted by atomic mass is 32.2. The molecule has 1 aromatic heterocycles. The minimum absolute atomic E-state index is 0.297. The number of anilines is 1. The highest BCUT2D eigenvalue weighted by Gasteiger charge is 2.36. The van der Waals surface area contributed by atoms with Crippen LogP contribution < -0.4 is 5.32 Å². The average Bonchev–Trinajstić information content (AvgIpc) is 3.14. The molecule has 1 aliphatic rings. The molecule has 122 valence electrons. The number of amides is 3. The summed E-state index contributed by atoms with van der Waals surface area (Å²) < 4.78 is 0. The zero-order valence-electron chi connectivity index (χ0n) is 12.9. The third-order valence-electron chi connectivity index (χ3n) is 3.42. The molecular formula is C17H15N3O3S. The Bertz CT molecular complexity index is 810. The number of rotatable bonds is 4. The summed E-state index contributed by atoms with van der Waals surface area (Å²) in [5.41, 5.74) is 2.43. The first-order valence-corrected chi connectivity index (χ1v) is 8.10. The van der Waals surface area contributed by atoms with Gasteiger partial charge in [0.1, 0.15) is 6.54 Å². The Kier molecular flexibility index (Phi) is 4.52. The second kappa shape index (κ2) is 6.76. The lowest BCUT2D eigenvalue weighted by molar-refractivity contribution is -0.127. The van der Waals surface area contributed by atoms with Crippen LogP contribution in [0.4, 0.5) is 10.5 Å². The van der Waals surface area contributed by atoms with E-state index in [0.717, 1.165) is 27.9 Å². The quantitative estimate of drug-likeness (QED) is 0.838. The van der Waals surface area contributed by atoms with Gasteiger partial charge in [0.25, 0.3) is 11.1 Å². The van der Waals surface area contributed by atoms with Crippen molar-refractivity contribution in [1.29, 1.82) is 0 Å². The van der Waals surface area contributed by atoms with Crippen molar-refractivity contribution in [3.63, 3.8) is 0 Å². The second-order valence-electron chi connectivity index (χ2n) is 5.31. The number of carbonyl (C=O) groups is 3. The van der Waals surface area contributed by atoms with Gasteiger partial charge in [0, 0.05) is 17.6 Å². The molecule has 1 aromatic carbocycles. The fraction of sp³-hybridized carbons (Fsp3) is 0.118. The molecule has 0 atom stereocenters. The smallest absolute Gasteiger partial charge is 0.294 e. The van der Waals surface area contributed by atoms with E-state index in [4.69, 9.17) is 0 Å². The van der Waals surface area contributed by atoms with E-state index in [1.807, 2.05) is 19.1 Å². The molecule has 3 rings (SSSR count). The first-order chi connectivity index (χ1) is 11.5. The van der Waals surface area contributed by atoms with Gasteiger partial charge in [-0.3, -0.25) is 19.3 Å². The van der Waals surface area contributed by atoms with Crippen molar-refractivity contribution in [3.05, 3.63) is 58.8 Å². The van der Waals surface area contributed by atoms with Crippen molar-refractivity contribution in [2.45, 2.75) is 6.92 Å². The molecule has 7 heteroatoms. The van der Waals surface area contributed by atoms with E-state index >= 15 is 0 Å². The highest BCUT2D eigenvalue weighted by Crippen LogP contribution is 2.31. The standard InChI is InChI=1S/C17H15N3O3S/c1-11-4-6-12(7-5-11)19-15(21)10-20-16(22)14(24-17(20)23)9-13-3-2-8-18-13/h2-9,18H,10H2,1H3,(H,19,21)/b14-9+. The van der Waals surface area contributed by atoms with E-state index in [0.29, 0.717) is 10.6 Å². The minimum atomic E-state index is -0.460. The predicted molar refractivity (Wildman–Crippen MR) is 93.3 cm³/mol. The van der Waals surface area contributed by atoms with E-state index in [-0.39, 0.29) is 6.54 Å².